The number of phenolic OH excluding ortho intramolecular Hbond substituents is 1. The van der Waals surface area contributed by atoms with Crippen LogP contribution in [0.2, 0.25) is 0 Å². The molecule has 3 N–H and O–H groups in total. The van der Waals surface area contributed by atoms with E-state index in [1.807, 2.05) is 19.9 Å². The van der Waals surface area contributed by atoms with Gasteiger partial charge in [-0.05, 0) is 38.0 Å². The molecule has 1 atom stereocenters. The molecule has 0 saturated heterocycles. The molecular formula is C13H20ClNO2. The van der Waals surface area contributed by atoms with E-state index in [9.17, 15) is 5.11 Å². The van der Waals surface area contributed by atoms with Gasteiger partial charge < -0.3 is 15.6 Å². The number of ether oxygens (including phenoxy) is 1. The van der Waals surface area contributed by atoms with Gasteiger partial charge in [-0.15, -0.1) is 19.0 Å². The smallest absolute Gasteiger partial charge is 0.161 e. The van der Waals surface area contributed by atoms with Crippen molar-refractivity contribution in [2.75, 3.05) is 6.61 Å². The van der Waals surface area contributed by atoms with E-state index in [0.717, 1.165) is 17.6 Å². The van der Waals surface area contributed by atoms with E-state index in [1.54, 1.807) is 12.1 Å². The van der Waals surface area contributed by atoms with Crippen LogP contribution in [0.15, 0.2) is 30.4 Å². The molecule has 0 amide bonds. The first-order chi connectivity index (χ1) is 7.54. The van der Waals surface area contributed by atoms with Crippen LogP contribution in [0.1, 0.15) is 31.9 Å². The topological polar surface area (TPSA) is 55.5 Å². The third kappa shape index (κ3) is 4.67. The summed E-state index contributed by atoms with van der Waals surface area (Å²) in [7, 11) is 0. The van der Waals surface area contributed by atoms with Gasteiger partial charge in [0.05, 0.1) is 6.61 Å². The summed E-state index contributed by atoms with van der Waals surface area (Å²) in [4.78, 5) is 0. The normalized spacial score (nSPS) is 11.5. The molecule has 1 aromatic rings. The van der Waals surface area contributed by atoms with Gasteiger partial charge in [0.1, 0.15) is 0 Å². The number of rotatable bonds is 5. The van der Waals surface area contributed by atoms with Crippen molar-refractivity contribution in [2.45, 2.75) is 26.3 Å². The van der Waals surface area contributed by atoms with Crippen LogP contribution >= 0.6 is 12.4 Å². The SMILES string of the molecule is C=C(C)C[C@@H](N)c1ccc(O)c(OCC)c1.Cl. The molecule has 4 heteroatoms. The van der Waals surface area contributed by atoms with E-state index >= 15 is 0 Å². The number of aromatic hydroxyl groups is 1. The van der Waals surface area contributed by atoms with Gasteiger partial charge in [0, 0.05) is 6.04 Å². The third-order valence-electron chi connectivity index (χ3n) is 2.28. The van der Waals surface area contributed by atoms with Crippen LogP contribution in [-0.2, 0) is 0 Å². The maximum Gasteiger partial charge on any atom is 0.161 e. The predicted octanol–water partition coefficient (Wildman–Crippen LogP) is 3.18. The van der Waals surface area contributed by atoms with Crippen LogP contribution in [0.25, 0.3) is 0 Å². The number of nitrogens with two attached hydrogens (primary N) is 1. The van der Waals surface area contributed by atoms with Crippen LogP contribution in [-0.4, -0.2) is 11.7 Å². The molecule has 1 rings (SSSR count). The fourth-order valence-corrected chi connectivity index (χ4v) is 1.53. The Kier molecular flexibility index (Phi) is 6.69. The molecule has 0 aliphatic carbocycles. The lowest BCUT2D eigenvalue weighted by Gasteiger charge is -2.14. The predicted molar refractivity (Wildman–Crippen MR) is 72.9 cm³/mol. The Morgan fingerprint density at radius 2 is 2.18 bits per heavy atom. The molecule has 0 saturated carbocycles. The molecule has 0 aliphatic heterocycles. The van der Waals surface area contributed by atoms with E-state index in [1.165, 1.54) is 0 Å². The molecule has 0 aliphatic rings. The lowest BCUT2D eigenvalue weighted by Crippen LogP contribution is -2.10. The van der Waals surface area contributed by atoms with Gasteiger partial charge in [-0.1, -0.05) is 11.6 Å². The molecule has 0 heterocycles. The quantitative estimate of drug-likeness (QED) is 0.797. The molecule has 0 unspecified atom stereocenters. The van der Waals surface area contributed by atoms with E-state index in [-0.39, 0.29) is 24.2 Å². The highest BCUT2D eigenvalue weighted by Gasteiger charge is 2.09. The summed E-state index contributed by atoms with van der Waals surface area (Å²) in [5, 5.41) is 9.55. The summed E-state index contributed by atoms with van der Waals surface area (Å²) < 4.78 is 5.30. The number of benzene rings is 1. The summed E-state index contributed by atoms with van der Waals surface area (Å²) in [5.41, 5.74) is 8.00. The monoisotopic (exact) mass is 257 g/mol. The van der Waals surface area contributed by atoms with Crippen molar-refractivity contribution >= 4 is 12.4 Å². The zero-order valence-electron chi connectivity index (χ0n) is 10.3. The highest BCUT2D eigenvalue weighted by Crippen LogP contribution is 2.30. The van der Waals surface area contributed by atoms with Gasteiger partial charge in [0.25, 0.3) is 0 Å². The second-order valence-corrected chi connectivity index (χ2v) is 3.93. The molecule has 3 nitrogen and oxygen atoms in total. The lowest BCUT2D eigenvalue weighted by molar-refractivity contribution is 0.317. The average molecular weight is 258 g/mol. The molecule has 17 heavy (non-hydrogen) atoms. The van der Waals surface area contributed by atoms with E-state index in [2.05, 4.69) is 6.58 Å². The first-order valence-corrected chi connectivity index (χ1v) is 5.40. The van der Waals surface area contributed by atoms with Crippen molar-refractivity contribution in [3.8, 4) is 11.5 Å². The van der Waals surface area contributed by atoms with Gasteiger partial charge >= 0.3 is 0 Å². The summed E-state index contributed by atoms with van der Waals surface area (Å²) in [6.45, 7) is 8.18. The Bertz CT molecular complexity index is 380. The maximum atomic E-state index is 9.55. The number of hydrogen-bond acceptors (Lipinski definition) is 3. The number of halogens is 1. The van der Waals surface area contributed by atoms with Gasteiger partial charge in [-0.3, -0.25) is 0 Å². The van der Waals surface area contributed by atoms with E-state index in [4.69, 9.17) is 10.5 Å². The highest BCUT2D eigenvalue weighted by molar-refractivity contribution is 5.85. The summed E-state index contributed by atoms with van der Waals surface area (Å²) in [6.07, 6.45) is 0.732. The summed E-state index contributed by atoms with van der Waals surface area (Å²) in [6, 6.07) is 5.11. The largest absolute Gasteiger partial charge is 0.504 e. The first-order valence-electron chi connectivity index (χ1n) is 5.40. The van der Waals surface area contributed by atoms with Gasteiger partial charge in [0.2, 0.25) is 0 Å². The average Bonchev–Trinajstić information content (AvgIpc) is 2.20. The molecule has 1 aromatic carbocycles. The number of hydrogen-bond donors (Lipinski definition) is 2. The lowest BCUT2D eigenvalue weighted by atomic mass is 10.0. The first kappa shape index (κ1) is 15.8. The van der Waals surface area contributed by atoms with Crippen molar-refractivity contribution in [1.82, 2.24) is 0 Å². The minimum absolute atomic E-state index is 0. The van der Waals surface area contributed by atoms with Crippen molar-refractivity contribution in [2.24, 2.45) is 5.73 Å². The minimum atomic E-state index is -0.0997. The Balaban J connectivity index is 0.00000256. The molecule has 0 bridgehead atoms. The Morgan fingerprint density at radius 1 is 1.53 bits per heavy atom. The highest BCUT2D eigenvalue weighted by atomic mass is 35.5. The van der Waals surface area contributed by atoms with Crippen molar-refractivity contribution in [1.29, 1.82) is 0 Å². The van der Waals surface area contributed by atoms with E-state index < -0.39 is 0 Å². The van der Waals surface area contributed by atoms with Crippen LogP contribution in [0.3, 0.4) is 0 Å². The van der Waals surface area contributed by atoms with Gasteiger partial charge in [0.15, 0.2) is 11.5 Å². The number of phenols is 1. The zero-order valence-corrected chi connectivity index (χ0v) is 11.1. The van der Waals surface area contributed by atoms with Gasteiger partial charge in [-0.2, -0.15) is 0 Å². The standard InChI is InChI=1S/C13H19NO2.ClH/c1-4-16-13-8-10(5-6-12(13)15)11(14)7-9(2)3;/h5-6,8,11,15H,2,4,7,14H2,1,3H3;1H/t11-;/m1./s1. The van der Waals surface area contributed by atoms with Crippen LogP contribution in [0.4, 0.5) is 0 Å². The third-order valence-corrected chi connectivity index (χ3v) is 2.28. The van der Waals surface area contributed by atoms with Gasteiger partial charge in [-0.25, -0.2) is 0 Å². The molecule has 96 valence electrons. The second-order valence-electron chi connectivity index (χ2n) is 3.93. The Morgan fingerprint density at radius 3 is 2.71 bits per heavy atom. The summed E-state index contributed by atoms with van der Waals surface area (Å²) in [5.74, 6) is 0.630. The van der Waals surface area contributed by atoms with Crippen molar-refractivity contribution in [3.63, 3.8) is 0 Å². The Hall–Kier alpha value is -1.19. The van der Waals surface area contributed by atoms with Crippen LogP contribution in [0.5, 0.6) is 11.5 Å². The molecular weight excluding hydrogens is 238 g/mol. The molecule has 0 fully saturated rings. The van der Waals surface area contributed by atoms with Crippen molar-refractivity contribution in [3.05, 3.63) is 35.9 Å². The van der Waals surface area contributed by atoms with Crippen LogP contribution in [0, 0.1) is 0 Å². The Labute approximate surface area is 109 Å². The maximum absolute atomic E-state index is 9.55. The summed E-state index contributed by atoms with van der Waals surface area (Å²) >= 11 is 0. The fraction of sp³-hybridized carbons (Fsp3) is 0.385. The van der Waals surface area contributed by atoms with Crippen molar-refractivity contribution < 1.29 is 9.84 Å². The molecule has 0 radical (unpaired) electrons. The minimum Gasteiger partial charge on any atom is -0.504 e. The zero-order chi connectivity index (χ0) is 12.1. The van der Waals surface area contributed by atoms with Crippen LogP contribution < -0.4 is 10.5 Å². The van der Waals surface area contributed by atoms with E-state index in [0.29, 0.717) is 12.4 Å². The second kappa shape index (κ2) is 7.20. The molecule has 0 spiro atoms. The fourth-order valence-electron chi connectivity index (χ4n) is 1.53. The molecule has 0 aromatic heterocycles.